The number of rotatable bonds is 6. The normalized spacial score (nSPS) is 13.0. The number of amides is 2. The Kier molecular flexibility index (Phi) is 5.44. The molecule has 27 heavy (non-hydrogen) atoms. The van der Waals surface area contributed by atoms with E-state index in [1.165, 1.54) is 6.07 Å². The van der Waals surface area contributed by atoms with Crippen molar-refractivity contribution >= 4 is 23.5 Å². The number of carbonyl (C=O) groups is 3. The fourth-order valence-electron chi connectivity index (χ4n) is 2.33. The lowest BCUT2D eigenvalue weighted by atomic mass is 10.2. The van der Waals surface area contributed by atoms with Crippen molar-refractivity contribution in [1.82, 2.24) is 5.32 Å². The number of ether oxygens (including phenoxy) is 1. The van der Waals surface area contributed by atoms with Gasteiger partial charge in [0.05, 0.1) is 0 Å². The minimum atomic E-state index is -1.28. The highest BCUT2D eigenvalue weighted by molar-refractivity contribution is 5.98. The van der Waals surface area contributed by atoms with Crippen molar-refractivity contribution in [2.24, 2.45) is 0 Å². The molecule has 0 aliphatic heterocycles. The molecule has 1 fully saturated rings. The summed E-state index contributed by atoms with van der Waals surface area (Å²) in [6.07, 6.45) is 1.91. The van der Waals surface area contributed by atoms with Crippen LogP contribution in [0.4, 0.5) is 14.5 Å². The first-order chi connectivity index (χ1) is 12.9. The minimum absolute atomic E-state index is 0.203. The van der Waals surface area contributed by atoms with Gasteiger partial charge in [-0.15, -0.1) is 0 Å². The average Bonchev–Trinajstić information content (AvgIpc) is 3.44. The molecule has 2 N–H and O–H groups in total. The van der Waals surface area contributed by atoms with Gasteiger partial charge in [0, 0.05) is 17.3 Å². The van der Waals surface area contributed by atoms with Gasteiger partial charge in [-0.05, 0) is 43.2 Å². The molecule has 1 saturated carbocycles. The van der Waals surface area contributed by atoms with Crippen LogP contribution >= 0.6 is 0 Å². The molecule has 0 unspecified atom stereocenters. The van der Waals surface area contributed by atoms with Gasteiger partial charge < -0.3 is 15.4 Å². The van der Waals surface area contributed by atoms with Crippen molar-refractivity contribution < 1.29 is 27.9 Å². The molecule has 1 aliphatic rings. The zero-order valence-electron chi connectivity index (χ0n) is 14.1. The number of carbonyl (C=O) groups excluding carboxylic acids is 3. The maximum atomic E-state index is 13.5. The lowest BCUT2D eigenvalue weighted by Crippen LogP contribution is -2.25. The van der Waals surface area contributed by atoms with Crippen molar-refractivity contribution in [3.63, 3.8) is 0 Å². The summed E-state index contributed by atoms with van der Waals surface area (Å²) < 4.78 is 31.7. The topological polar surface area (TPSA) is 84.5 Å². The maximum Gasteiger partial charge on any atom is 0.344 e. The number of halogens is 2. The van der Waals surface area contributed by atoms with E-state index in [2.05, 4.69) is 15.4 Å². The largest absolute Gasteiger partial charge is 0.452 e. The van der Waals surface area contributed by atoms with Gasteiger partial charge in [0.1, 0.15) is 17.2 Å². The van der Waals surface area contributed by atoms with Crippen LogP contribution in [0.15, 0.2) is 42.5 Å². The monoisotopic (exact) mass is 374 g/mol. The molecule has 2 aromatic carbocycles. The molecular formula is C19H16F2N2O4. The number of anilines is 1. The van der Waals surface area contributed by atoms with Gasteiger partial charge in [-0.3, -0.25) is 9.59 Å². The van der Waals surface area contributed by atoms with E-state index < -0.39 is 35.7 Å². The molecule has 2 aromatic rings. The predicted octanol–water partition coefficient (Wildman–Crippen LogP) is 2.65. The summed E-state index contributed by atoms with van der Waals surface area (Å²) in [5.74, 6) is -4.38. The van der Waals surface area contributed by atoms with E-state index in [1.54, 1.807) is 18.2 Å². The molecule has 0 atom stereocenters. The van der Waals surface area contributed by atoms with E-state index in [4.69, 9.17) is 0 Å². The smallest absolute Gasteiger partial charge is 0.344 e. The third kappa shape index (κ3) is 4.87. The summed E-state index contributed by atoms with van der Waals surface area (Å²) in [6.45, 7) is -0.731. The van der Waals surface area contributed by atoms with Crippen molar-refractivity contribution in [2.75, 3.05) is 11.9 Å². The Morgan fingerprint density at radius 2 is 1.70 bits per heavy atom. The van der Waals surface area contributed by atoms with Gasteiger partial charge in [0.15, 0.2) is 6.61 Å². The van der Waals surface area contributed by atoms with E-state index in [9.17, 15) is 23.2 Å². The number of hydrogen-bond acceptors (Lipinski definition) is 4. The van der Waals surface area contributed by atoms with Crippen LogP contribution in [-0.2, 0) is 9.53 Å². The maximum absolute atomic E-state index is 13.5. The first-order valence-corrected chi connectivity index (χ1v) is 8.26. The summed E-state index contributed by atoms with van der Waals surface area (Å²) in [4.78, 5) is 35.7. The van der Waals surface area contributed by atoms with Crippen LogP contribution in [0, 0.1) is 11.6 Å². The average molecular weight is 374 g/mol. The minimum Gasteiger partial charge on any atom is -0.452 e. The highest BCUT2D eigenvalue weighted by Gasteiger charge is 2.24. The van der Waals surface area contributed by atoms with Crippen LogP contribution in [0.5, 0.6) is 0 Å². The van der Waals surface area contributed by atoms with Crippen LogP contribution < -0.4 is 10.6 Å². The molecule has 6 nitrogen and oxygen atoms in total. The molecule has 0 saturated heterocycles. The zero-order chi connectivity index (χ0) is 19.4. The van der Waals surface area contributed by atoms with Gasteiger partial charge in [0.25, 0.3) is 11.8 Å². The SMILES string of the molecule is O=C(COC(=O)c1c(F)cccc1F)Nc1cccc(C(=O)NC2CC2)c1. The highest BCUT2D eigenvalue weighted by Crippen LogP contribution is 2.20. The quantitative estimate of drug-likeness (QED) is 0.762. The van der Waals surface area contributed by atoms with Crippen LogP contribution in [0.25, 0.3) is 0 Å². The summed E-state index contributed by atoms with van der Waals surface area (Å²) in [5, 5.41) is 5.29. The Balaban J connectivity index is 1.56. The standard InChI is InChI=1S/C19H16F2N2O4/c20-14-5-2-6-15(21)17(14)19(26)27-10-16(24)22-13-4-1-3-11(9-13)18(25)23-12-7-8-12/h1-6,9,12H,7-8,10H2,(H,22,24)(H,23,25). The van der Waals surface area contributed by atoms with Crippen molar-refractivity contribution in [2.45, 2.75) is 18.9 Å². The highest BCUT2D eigenvalue weighted by atomic mass is 19.1. The van der Waals surface area contributed by atoms with E-state index in [1.807, 2.05) is 0 Å². The fourth-order valence-corrected chi connectivity index (χ4v) is 2.33. The molecular weight excluding hydrogens is 358 g/mol. The van der Waals surface area contributed by atoms with E-state index >= 15 is 0 Å². The van der Waals surface area contributed by atoms with E-state index in [0.29, 0.717) is 11.3 Å². The Morgan fingerprint density at radius 3 is 2.37 bits per heavy atom. The molecule has 0 bridgehead atoms. The second-order valence-corrected chi connectivity index (χ2v) is 6.05. The van der Waals surface area contributed by atoms with Crippen molar-refractivity contribution in [1.29, 1.82) is 0 Å². The van der Waals surface area contributed by atoms with Crippen molar-refractivity contribution in [3.05, 3.63) is 65.2 Å². The molecule has 8 heteroatoms. The Hall–Kier alpha value is -3.29. The Bertz CT molecular complexity index is 877. The van der Waals surface area contributed by atoms with E-state index in [-0.39, 0.29) is 11.9 Å². The third-order valence-electron chi connectivity index (χ3n) is 3.82. The van der Waals surface area contributed by atoms with Gasteiger partial charge in [-0.2, -0.15) is 0 Å². The van der Waals surface area contributed by atoms with Crippen LogP contribution in [0.2, 0.25) is 0 Å². The zero-order valence-corrected chi connectivity index (χ0v) is 14.1. The Labute approximate surface area is 153 Å². The predicted molar refractivity (Wildman–Crippen MR) is 92.2 cm³/mol. The second kappa shape index (κ2) is 7.94. The summed E-state index contributed by atoms with van der Waals surface area (Å²) in [5.41, 5.74) is -0.147. The second-order valence-electron chi connectivity index (χ2n) is 6.05. The summed E-state index contributed by atoms with van der Waals surface area (Å²) >= 11 is 0. The number of esters is 1. The Morgan fingerprint density at radius 1 is 1.04 bits per heavy atom. The first kappa shape index (κ1) is 18.5. The molecule has 0 heterocycles. The summed E-state index contributed by atoms with van der Waals surface area (Å²) in [6, 6.07) is 9.38. The number of benzene rings is 2. The third-order valence-corrected chi connectivity index (χ3v) is 3.82. The molecule has 2 amide bonds. The van der Waals surface area contributed by atoms with E-state index in [0.717, 1.165) is 31.0 Å². The molecule has 0 radical (unpaired) electrons. The van der Waals surface area contributed by atoms with Gasteiger partial charge in [0.2, 0.25) is 0 Å². The van der Waals surface area contributed by atoms with Gasteiger partial charge in [-0.25, -0.2) is 13.6 Å². The van der Waals surface area contributed by atoms with Crippen molar-refractivity contribution in [3.8, 4) is 0 Å². The lowest BCUT2D eigenvalue weighted by molar-refractivity contribution is -0.119. The molecule has 140 valence electrons. The van der Waals surface area contributed by atoms with Gasteiger partial charge in [-0.1, -0.05) is 12.1 Å². The molecule has 0 aromatic heterocycles. The van der Waals surface area contributed by atoms with Crippen LogP contribution in [0.1, 0.15) is 33.6 Å². The molecule has 3 rings (SSSR count). The molecule has 0 spiro atoms. The number of hydrogen-bond donors (Lipinski definition) is 2. The fraction of sp³-hybridized carbons (Fsp3) is 0.211. The first-order valence-electron chi connectivity index (χ1n) is 8.26. The molecule has 1 aliphatic carbocycles. The van der Waals surface area contributed by atoms with Crippen LogP contribution in [-0.4, -0.2) is 30.4 Å². The number of nitrogens with one attached hydrogen (secondary N) is 2. The lowest BCUT2D eigenvalue weighted by Gasteiger charge is -2.09. The van der Waals surface area contributed by atoms with Crippen LogP contribution in [0.3, 0.4) is 0 Å². The van der Waals surface area contributed by atoms with Gasteiger partial charge >= 0.3 is 5.97 Å². The summed E-state index contributed by atoms with van der Waals surface area (Å²) in [7, 11) is 0.